The second-order valence-corrected chi connectivity index (χ2v) is 5.13. The standard InChI is InChI=1S/C12H22N2O/c1-9-7-13-8-11(9)12(15)14(2)10-5-3-4-6-10/h9-11,13H,3-8H2,1-2H3. The lowest BCUT2D eigenvalue weighted by molar-refractivity contribution is -0.136. The molecule has 0 bridgehead atoms. The van der Waals surface area contributed by atoms with Crippen LogP contribution in [0.5, 0.6) is 0 Å². The van der Waals surface area contributed by atoms with Gasteiger partial charge in [0.15, 0.2) is 0 Å². The number of rotatable bonds is 2. The molecule has 0 aromatic rings. The first-order valence-corrected chi connectivity index (χ1v) is 6.17. The van der Waals surface area contributed by atoms with Crippen molar-refractivity contribution in [2.24, 2.45) is 11.8 Å². The Morgan fingerprint density at radius 1 is 1.27 bits per heavy atom. The first-order valence-electron chi connectivity index (χ1n) is 6.17. The highest BCUT2D eigenvalue weighted by atomic mass is 16.2. The molecule has 1 aliphatic carbocycles. The van der Waals surface area contributed by atoms with E-state index in [-0.39, 0.29) is 5.92 Å². The fraction of sp³-hybridized carbons (Fsp3) is 0.917. The zero-order valence-corrected chi connectivity index (χ0v) is 9.83. The molecule has 1 aliphatic heterocycles. The van der Waals surface area contributed by atoms with Crippen LogP contribution < -0.4 is 5.32 Å². The molecule has 0 radical (unpaired) electrons. The average Bonchev–Trinajstić information content (AvgIpc) is 2.85. The number of hydrogen-bond donors (Lipinski definition) is 1. The van der Waals surface area contributed by atoms with Gasteiger partial charge in [0.25, 0.3) is 0 Å². The van der Waals surface area contributed by atoms with E-state index in [0.717, 1.165) is 13.1 Å². The summed E-state index contributed by atoms with van der Waals surface area (Å²) in [5.41, 5.74) is 0. The molecular formula is C12H22N2O. The average molecular weight is 210 g/mol. The molecule has 3 nitrogen and oxygen atoms in total. The zero-order chi connectivity index (χ0) is 10.8. The molecule has 2 aliphatic rings. The van der Waals surface area contributed by atoms with Crippen LogP contribution in [0.1, 0.15) is 32.6 Å². The third-order valence-electron chi connectivity index (χ3n) is 4.05. The summed E-state index contributed by atoms with van der Waals surface area (Å²) >= 11 is 0. The van der Waals surface area contributed by atoms with Crippen LogP contribution in [0.15, 0.2) is 0 Å². The highest BCUT2D eigenvalue weighted by molar-refractivity contribution is 5.79. The van der Waals surface area contributed by atoms with Gasteiger partial charge in [-0.1, -0.05) is 19.8 Å². The van der Waals surface area contributed by atoms with Gasteiger partial charge < -0.3 is 10.2 Å². The normalized spacial score (nSPS) is 32.1. The van der Waals surface area contributed by atoms with E-state index in [4.69, 9.17) is 0 Å². The van der Waals surface area contributed by atoms with Crippen molar-refractivity contribution in [2.75, 3.05) is 20.1 Å². The topological polar surface area (TPSA) is 32.3 Å². The molecule has 1 saturated carbocycles. The lowest BCUT2D eigenvalue weighted by Crippen LogP contribution is -2.41. The van der Waals surface area contributed by atoms with Gasteiger partial charge in [-0.3, -0.25) is 4.79 Å². The number of carbonyl (C=O) groups is 1. The molecule has 3 heteroatoms. The predicted molar refractivity (Wildman–Crippen MR) is 60.5 cm³/mol. The van der Waals surface area contributed by atoms with Crippen LogP contribution in [-0.2, 0) is 4.79 Å². The SMILES string of the molecule is CC1CNCC1C(=O)N(C)C1CCCC1. The van der Waals surface area contributed by atoms with Crippen molar-refractivity contribution < 1.29 is 4.79 Å². The van der Waals surface area contributed by atoms with E-state index >= 15 is 0 Å². The molecule has 1 heterocycles. The highest BCUT2D eigenvalue weighted by Gasteiger charge is 2.34. The van der Waals surface area contributed by atoms with Gasteiger partial charge in [-0.2, -0.15) is 0 Å². The minimum atomic E-state index is 0.218. The molecule has 0 spiro atoms. The van der Waals surface area contributed by atoms with Crippen LogP contribution in [0.3, 0.4) is 0 Å². The van der Waals surface area contributed by atoms with Crippen LogP contribution >= 0.6 is 0 Å². The minimum absolute atomic E-state index is 0.218. The van der Waals surface area contributed by atoms with Gasteiger partial charge in [0.1, 0.15) is 0 Å². The van der Waals surface area contributed by atoms with E-state index in [1.54, 1.807) is 0 Å². The largest absolute Gasteiger partial charge is 0.342 e. The summed E-state index contributed by atoms with van der Waals surface area (Å²) in [6, 6.07) is 0.519. The van der Waals surface area contributed by atoms with Gasteiger partial charge in [-0.25, -0.2) is 0 Å². The summed E-state index contributed by atoms with van der Waals surface area (Å²) in [6.07, 6.45) is 5.00. The van der Waals surface area contributed by atoms with Gasteiger partial charge in [0.2, 0.25) is 5.91 Å². The second kappa shape index (κ2) is 4.52. The smallest absolute Gasteiger partial charge is 0.227 e. The number of amides is 1. The van der Waals surface area contributed by atoms with Crippen LogP contribution in [0.2, 0.25) is 0 Å². The van der Waals surface area contributed by atoms with Gasteiger partial charge in [-0.15, -0.1) is 0 Å². The number of carbonyl (C=O) groups excluding carboxylic acids is 1. The highest BCUT2D eigenvalue weighted by Crippen LogP contribution is 2.26. The summed E-state index contributed by atoms with van der Waals surface area (Å²) in [5, 5.41) is 3.30. The fourth-order valence-corrected chi connectivity index (χ4v) is 2.87. The van der Waals surface area contributed by atoms with Gasteiger partial charge in [-0.05, 0) is 25.3 Å². The Balaban J connectivity index is 1.94. The molecule has 15 heavy (non-hydrogen) atoms. The van der Waals surface area contributed by atoms with Crippen molar-refractivity contribution in [3.05, 3.63) is 0 Å². The maximum absolute atomic E-state index is 12.2. The number of nitrogens with one attached hydrogen (secondary N) is 1. The summed E-state index contributed by atoms with van der Waals surface area (Å²) in [4.78, 5) is 14.2. The Morgan fingerprint density at radius 2 is 1.93 bits per heavy atom. The number of hydrogen-bond acceptors (Lipinski definition) is 2. The first kappa shape index (κ1) is 10.9. The fourth-order valence-electron chi connectivity index (χ4n) is 2.87. The van der Waals surface area contributed by atoms with Crippen molar-refractivity contribution in [1.29, 1.82) is 0 Å². The maximum atomic E-state index is 12.2. The Labute approximate surface area is 92.2 Å². The van der Waals surface area contributed by atoms with E-state index in [0.29, 0.717) is 17.9 Å². The third-order valence-corrected chi connectivity index (χ3v) is 4.05. The number of nitrogens with zero attached hydrogens (tertiary/aromatic N) is 1. The maximum Gasteiger partial charge on any atom is 0.227 e. The minimum Gasteiger partial charge on any atom is -0.342 e. The first-order chi connectivity index (χ1) is 7.20. The van der Waals surface area contributed by atoms with E-state index in [1.165, 1.54) is 25.7 Å². The Hall–Kier alpha value is -0.570. The zero-order valence-electron chi connectivity index (χ0n) is 9.83. The quantitative estimate of drug-likeness (QED) is 0.744. The molecule has 1 saturated heterocycles. The molecule has 1 amide bonds. The van der Waals surface area contributed by atoms with Crippen molar-refractivity contribution in [3.63, 3.8) is 0 Å². The van der Waals surface area contributed by atoms with Crippen LogP contribution in [0.25, 0.3) is 0 Å². The predicted octanol–water partition coefficient (Wildman–Crippen LogP) is 1.24. The van der Waals surface area contributed by atoms with Crippen LogP contribution in [0, 0.1) is 11.8 Å². The molecule has 1 N–H and O–H groups in total. The molecule has 2 unspecified atom stereocenters. The monoisotopic (exact) mass is 210 g/mol. The third kappa shape index (κ3) is 2.17. The lowest BCUT2D eigenvalue weighted by atomic mass is 9.96. The Morgan fingerprint density at radius 3 is 2.47 bits per heavy atom. The molecule has 0 aromatic carbocycles. The van der Waals surface area contributed by atoms with Crippen molar-refractivity contribution in [3.8, 4) is 0 Å². The van der Waals surface area contributed by atoms with Gasteiger partial charge >= 0.3 is 0 Å². The van der Waals surface area contributed by atoms with E-state index in [1.807, 2.05) is 11.9 Å². The summed E-state index contributed by atoms with van der Waals surface area (Å²) in [5.74, 6) is 1.08. The molecule has 2 rings (SSSR count). The van der Waals surface area contributed by atoms with Crippen LogP contribution in [0.4, 0.5) is 0 Å². The lowest BCUT2D eigenvalue weighted by Gasteiger charge is -2.28. The van der Waals surface area contributed by atoms with Crippen molar-refractivity contribution >= 4 is 5.91 Å². The second-order valence-electron chi connectivity index (χ2n) is 5.13. The van der Waals surface area contributed by atoms with Crippen molar-refractivity contribution in [2.45, 2.75) is 38.6 Å². The van der Waals surface area contributed by atoms with Gasteiger partial charge in [0.05, 0.1) is 5.92 Å². The molecule has 86 valence electrons. The summed E-state index contributed by atoms with van der Waals surface area (Å²) in [6.45, 7) is 4.04. The van der Waals surface area contributed by atoms with Crippen molar-refractivity contribution in [1.82, 2.24) is 10.2 Å². The molecular weight excluding hydrogens is 188 g/mol. The molecule has 2 atom stereocenters. The molecule has 2 fully saturated rings. The summed E-state index contributed by atoms with van der Waals surface area (Å²) < 4.78 is 0. The van der Waals surface area contributed by atoms with E-state index in [2.05, 4.69) is 12.2 Å². The Bertz CT molecular complexity index is 236. The Kier molecular flexibility index (Phi) is 3.29. The van der Waals surface area contributed by atoms with Crippen LogP contribution in [-0.4, -0.2) is 37.0 Å². The van der Waals surface area contributed by atoms with E-state index < -0.39 is 0 Å². The van der Waals surface area contributed by atoms with Gasteiger partial charge in [0, 0.05) is 19.6 Å². The van der Waals surface area contributed by atoms with E-state index in [9.17, 15) is 4.79 Å². The summed E-state index contributed by atoms with van der Waals surface area (Å²) in [7, 11) is 1.99. The molecule has 0 aromatic heterocycles.